The molecule has 126 valence electrons. The summed E-state index contributed by atoms with van der Waals surface area (Å²) in [6, 6.07) is 11.9. The fraction of sp³-hybridized carbons (Fsp3) is 0.200. The van der Waals surface area contributed by atoms with E-state index in [9.17, 15) is 4.79 Å². The maximum atomic E-state index is 12.3. The van der Waals surface area contributed by atoms with E-state index in [-0.39, 0.29) is 5.91 Å². The van der Waals surface area contributed by atoms with Crippen molar-refractivity contribution < 1.29 is 4.79 Å². The number of hydrogen-bond acceptors (Lipinski definition) is 4. The van der Waals surface area contributed by atoms with Gasteiger partial charge in [-0.1, -0.05) is 38.1 Å². The van der Waals surface area contributed by atoms with Crippen LogP contribution < -0.4 is 5.32 Å². The van der Waals surface area contributed by atoms with E-state index in [0.29, 0.717) is 18.0 Å². The number of hydrogen-bond donors (Lipinski definition) is 1. The normalized spacial score (nSPS) is 10.7. The van der Waals surface area contributed by atoms with Crippen molar-refractivity contribution in [2.75, 3.05) is 0 Å². The van der Waals surface area contributed by atoms with Crippen LogP contribution in [-0.2, 0) is 6.54 Å². The quantitative estimate of drug-likeness (QED) is 0.775. The molecule has 3 rings (SSSR count). The van der Waals surface area contributed by atoms with Crippen LogP contribution in [0.5, 0.6) is 0 Å². The number of pyridine rings is 1. The number of carbonyl (C=O) groups is 1. The van der Waals surface area contributed by atoms with Gasteiger partial charge in [0, 0.05) is 30.7 Å². The molecule has 0 aliphatic rings. The maximum Gasteiger partial charge on any atom is 0.253 e. The van der Waals surface area contributed by atoms with E-state index < -0.39 is 0 Å². The van der Waals surface area contributed by atoms with E-state index in [2.05, 4.69) is 46.2 Å². The summed E-state index contributed by atoms with van der Waals surface area (Å²) >= 11 is 0. The smallest absolute Gasteiger partial charge is 0.253 e. The van der Waals surface area contributed by atoms with E-state index >= 15 is 0 Å². The van der Waals surface area contributed by atoms with Crippen LogP contribution in [0.3, 0.4) is 0 Å². The zero-order valence-electron chi connectivity index (χ0n) is 14.3. The van der Waals surface area contributed by atoms with Crippen LogP contribution in [-0.4, -0.2) is 20.9 Å². The van der Waals surface area contributed by atoms with Crippen LogP contribution in [0.2, 0.25) is 0 Å². The second-order valence-electron chi connectivity index (χ2n) is 6.14. The summed E-state index contributed by atoms with van der Waals surface area (Å²) in [5.74, 6) is 0.361. The van der Waals surface area contributed by atoms with E-state index in [1.54, 1.807) is 30.7 Å². The van der Waals surface area contributed by atoms with E-state index in [4.69, 9.17) is 0 Å². The summed E-state index contributed by atoms with van der Waals surface area (Å²) < 4.78 is 0. The molecule has 0 bridgehead atoms. The molecule has 0 radical (unpaired) electrons. The van der Waals surface area contributed by atoms with Crippen LogP contribution in [0, 0.1) is 0 Å². The van der Waals surface area contributed by atoms with Gasteiger partial charge in [-0.2, -0.15) is 0 Å². The van der Waals surface area contributed by atoms with Crippen molar-refractivity contribution >= 4 is 5.91 Å². The highest BCUT2D eigenvalue weighted by molar-refractivity contribution is 5.94. The average molecular weight is 332 g/mol. The third kappa shape index (κ3) is 4.26. The average Bonchev–Trinajstić information content (AvgIpc) is 2.67. The van der Waals surface area contributed by atoms with E-state index in [1.165, 1.54) is 11.9 Å². The van der Waals surface area contributed by atoms with Crippen molar-refractivity contribution in [2.45, 2.75) is 26.3 Å². The fourth-order valence-electron chi connectivity index (χ4n) is 2.44. The van der Waals surface area contributed by atoms with Gasteiger partial charge in [-0.25, -0.2) is 9.97 Å². The minimum absolute atomic E-state index is 0.142. The number of rotatable bonds is 5. The van der Waals surface area contributed by atoms with Crippen molar-refractivity contribution in [3.05, 3.63) is 78.0 Å². The van der Waals surface area contributed by atoms with Crippen molar-refractivity contribution in [2.24, 2.45) is 0 Å². The van der Waals surface area contributed by atoms with E-state index in [0.717, 1.165) is 16.8 Å². The van der Waals surface area contributed by atoms with Crippen molar-refractivity contribution in [3.63, 3.8) is 0 Å². The first kappa shape index (κ1) is 16.8. The molecule has 5 heteroatoms. The largest absolute Gasteiger partial charge is 0.348 e. The number of aromatic nitrogens is 3. The number of benzene rings is 1. The summed E-state index contributed by atoms with van der Waals surface area (Å²) in [7, 11) is 0. The SMILES string of the molecule is CC(C)c1ccc(CNC(=O)c2ccc(-c3cncnc3)nc2)cc1. The molecule has 1 amide bonds. The van der Waals surface area contributed by atoms with Crippen LogP contribution in [0.25, 0.3) is 11.3 Å². The summed E-state index contributed by atoms with van der Waals surface area (Å²) in [5.41, 5.74) is 4.45. The Balaban J connectivity index is 1.61. The fourth-order valence-corrected chi connectivity index (χ4v) is 2.44. The van der Waals surface area contributed by atoms with Crippen LogP contribution in [0.1, 0.15) is 41.3 Å². The predicted octanol–water partition coefficient (Wildman–Crippen LogP) is 3.59. The zero-order valence-corrected chi connectivity index (χ0v) is 14.3. The molecule has 0 saturated heterocycles. The molecule has 0 aliphatic heterocycles. The number of nitrogens with zero attached hydrogens (tertiary/aromatic N) is 3. The Morgan fingerprint density at radius 3 is 2.32 bits per heavy atom. The first-order chi connectivity index (χ1) is 12.1. The zero-order chi connectivity index (χ0) is 17.6. The van der Waals surface area contributed by atoms with Crippen LogP contribution in [0.4, 0.5) is 0 Å². The lowest BCUT2D eigenvalue weighted by atomic mass is 10.0. The molecule has 0 unspecified atom stereocenters. The van der Waals surface area contributed by atoms with Crippen LogP contribution >= 0.6 is 0 Å². The predicted molar refractivity (Wildman–Crippen MR) is 97.0 cm³/mol. The second kappa shape index (κ2) is 7.66. The second-order valence-corrected chi connectivity index (χ2v) is 6.14. The third-order valence-electron chi connectivity index (χ3n) is 3.98. The highest BCUT2D eigenvalue weighted by atomic mass is 16.1. The maximum absolute atomic E-state index is 12.3. The standard InChI is InChI=1S/C20H20N4O/c1-14(2)16-5-3-15(4-6-16)9-24-20(25)17-7-8-19(23-12-17)18-10-21-13-22-11-18/h3-8,10-14H,9H2,1-2H3,(H,24,25). The van der Waals surface area contributed by atoms with Gasteiger partial charge < -0.3 is 5.32 Å². The van der Waals surface area contributed by atoms with Gasteiger partial charge in [-0.15, -0.1) is 0 Å². The Morgan fingerprint density at radius 1 is 1.00 bits per heavy atom. The molecular weight excluding hydrogens is 312 g/mol. The number of carbonyl (C=O) groups excluding carboxylic acids is 1. The molecule has 0 fully saturated rings. The first-order valence-electron chi connectivity index (χ1n) is 8.22. The molecule has 0 atom stereocenters. The molecule has 2 heterocycles. The topological polar surface area (TPSA) is 67.8 Å². The summed E-state index contributed by atoms with van der Waals surface area (Å²) in [6.45, 7) is 4.81. The number of amides is 1. The highest BCUT2D eigenvalue weighted by Crippen LogP contribution is 2.16. The molecule has 1 aromatic carbocycles. The molecule has 0 aliphatic carbocycles. The van der Waals surface area contributed by atoms with Crippen LogP contribution in [0.15, 0.2) is 61.3 Å². The molecule has 5 nitrogen and oxygen atoms in total. The Bertz CT molecular complexity index is 828. The Hall–Kier alpha value is -3.08. The Morgan fingerprint density at radius 2 is 1.72 bits per heavy atom. The molecule has 1 N–H and O–H groups in total. The van der Waals surface area contributed by atoms with Gasteiger partial charge in [-0.05, 0) is 29.2 Å². The third-order valence-corrected chi connectivity index (χ3v) is 3.98. The molecule has 2 aromatic heterocycles. The molecule has 3 aromatic rings. The molecule has 25 heavy (non-hydrogen) atoms. The molecular formula is C20H20N4O. The highest BCUT2D eigenvalue weighted by Gasteiger charge is 2.07. The van der Waals surface area contributed by atoms with Gasteiger partial charge in [0.05, 0.1) is 11.3 Å². The lowest BCUT2D eigenvalue weighted by Gasteiger charge is -2.08. The van der Waals surface area contributed by atoms with Crippen molar-refractivity contribution in [3.8, 4) is 11.3 Å². The van der Waals surface area contributed by atoms with E-state index in [1.807, 2.05) is 12.1 Å². The van der Waals surface area contributed by atoms with Gasteiger partial charge in [0.15, 0.2) is 0 Å². The van der Waals surface area contributed by atoms with Gasteiger partial charge in [0.2, 0.25) is 0 Å². The lowest BCUT2D eigenvalue weighted by molar-refractivity contribution is 0.0950. The summed E-state index contributed by atoms with van der Waals surface area (Å²) in [6.07, 6.45) is 6.42. The van der Waals surface area contributed by atoms with Crippen molar-refractivity contribution in [1.82, 2.24) is 20.3 Å². The molecule has 0 spiro atoms. The van der Waals surface area contributed by atoms with Crippen molar-refractivity contribution in [1.29, 1.82) is 0 Å². The number of nitrogens with one attached hydrogen (secondary N) is 1. The van der Waals surface area contributed by atoms with Gasteiger partial charge in [-0.3, -0.25) is 9.78 Å². The Labute approximate surface area is 147 Å². The minimum atomic E-state index is -0.142. The van der Waals surface area contributed by atoms with Gasteiger partial charge >= 0.3 is 0 Å². The first-order valence-corrected chi connectivity index (χ1v) is 8.22. The van der Waals surface area contributed by atoms with Gasteiger partial charge in [0.25, 0.3) is 5.91 Å². The molecule has 0 saturated carbocycles. The minimum Gasteiger partial charge on any atom is -0.348 e. The lowest BCUT2D eigenvalue weighted by Crippen LogP contribution is -2.22. The Kier molecular flexibility index (Phi) is 5.14. The van der Waals surface area contributed by atoms with Gasteiger partial charge in [0.1, 0.15) is 6.33 Å². The summed E-state index contributed by atoms with van der Waals surface area (Å²) in [4.78, 5) is 24.5. The summed E-state index contributed by atoms with van der Waals surface area (Å²) in [5, 5.41) is 2.92. The monoisotopic (exact) mass is 332 g/mol.